The SMILES string of the molecule is O=C(CN1CCN(C/C=C/c2ccccc2)CC1)NCC(=O)Nc1ccc(F)cc1. The summed E-state index contributed by atoms with van der Waals surface area (Å²) in [5.74, 6) is -0.889. The molecular weight excluding hydrogens is 383 g/mol. The normalized spacial score (nSPS) is 15.2. The van der Waals surface area contributed by atoms with Crippen LogP contribution in [0.15, 0.2) is 60.7 Å². The maximum atomic E-state index is 12.9. The molecule has 0 unspecified atom stereocenters. The number of carbonyl (C=O) groups is 2. The molecule has 0 radical (unpaired) electrons. The average Bonchev–Trinajstić information content (AvgIpc) is 2.76. The van der Waals surface area contributed by atoms with Crippen molar-refractivity contribution in [1.82, 2.24) is 15.1 Å². The average molecular weight is 410 g/mol. The minimum Gasteiger partial charge on any atom is -0.346 e. The maximum absolute atomic E-state index is 12.9. The van der Waals surface area contributed by atoms with Crippen molar-refractivity contribution >= 4 is 23.6 Å². The van der Waals surface area contributed by atoms with Gasteiger partial charge in [-0.15, -0.1) is 0 Å². The molecule has 2 aromatic carbocycles. The van der Waals surface area contributed by atoms with Gasteiger partial charge in [0.15, 0.2) is 0 Å². The summed E-state index contributed by atoms with van der Waals surface area (Å²) in [6.07, 6.45) is 4.29. The number of nitrogens with zero attached hydrogens (tertiary/aromatic N) is 2. The molecule has 1 aliphatic rings. The Hall–Kier alpha value is -3.03. The number of hydrogen-bond donors (Lipinski definition) is 2. The second-order valence-corrected chi connectivity index (χ2v) is 7.22. The Balaban J connectivity index is 1.30. The van der Waals surface area contributed by atoms with Crippen molar-refractivity contribution in [3.8, 4) is 0 Å². The number of carbonyl (C=O) groups excluding carboxylic acids is 2. The van der Waals surface area contributed by atoms with Gasteiger partial charge in [0.1, 0.15) is 5.82 Å². The Kier molecular flexibility index (Phi) is 8.11. The van der Waals surface area contributed by atoms with Gasteiger partial charge in [-0.3, -0.25) is 19.4 Å². The number of nitrogens with one attached hydrogen (secondary N) is 2. The van der Waals surface area contributed by atoms with E-state index >= 15 is 0 Å². The lowest BCUT2D eigenvalue weighted by Crippen LogP contribution is -2.49. The van der Waals surface area contributed by atoms with E-state index in [9.17, 15) is 14.0 Å². The van der Waals surface area contributed by atoms with Crippen LogP contribution in [-0.2, 0) is 9.59 Å². The van der Waals surface area contributed by atoms with Crippen molar-refractivity contribution in [3.05, 3.63) is 72.1 Å². The van der Waals surface area contributed by atoms with E-state index in [1.165, 1.54) is 29.8 Å². The molecule has 0 spiro atoms. The Morgan fingerprint density at radius 3 is 2.27 bits per heavy atom. The molecule has 0 bridgehead atoms. The van der Waals surface area contributed by atoms with Crippen LogP contribution in [0.4, 0.5) is 10.1 Å². The van der Waals surface area contributed by atoms with Crippen LogP contribution >= 0.6 is 0 Å². The van der Waals surface area contributed by atoms with E-state index in [-0.39, 0.29) is 30.7 Å². The Morgan fingerprint density at radius 2 is 1.57 bits per heavy atom. The molecule has 0 aromatic heterocycles. The van der Waals surface area contributed by atoms with E-state index in [1.54, 1.807) is 0 Å². The van der Waals surface area contributed by atoms with Crippen LogP contribution in [-0.4, -0.2) is 67.4 Å². The van der Waals surface area contributed by atoms with Crippen LogP contribution in [0, 0.1) is 5.82 Å². The summed E-state index contributed by atoms with van der Waals surface area (Å²) in [5, 5.41) is 5.25. The second-order valence-electron chi connectivity index (χ2n) is 7.22. The molecule has 6 nitrogen and oxygen atoms in total. The van der Waals surface area contributed by atoms with Crippen molar-refractivity contribution in [2.45, 2.75) is 0 Å². The maximum Gasteiger partial charge on any atom is 0.243 e. The minimum absolute atomic E-state index is 0.111. The first-order chi connectivity index (χ1) is 14.6. The number of amides is 2. The molecule has 1 fully saturated rings. The van der Waals surface area contributed by atoms with Crippen molar-refractivity contribution in [2.24, 2.45) is 0 Å². The van der Waals surface area contributed by atoms with Gasteiger partial charge in [0.05, 0.1) is 13.1 Å². The first kappa shape index (κ1) is 21.7. The first-order valence-corrected chi connectivity index (χ1v) is 10.1. The molecular formula is C23H27FN4O2. The van der Waals surface area contributed by atoms with Crippen molar-refractivity contribution in [3.63, 3.8) is 0 Å². The van der Waals surface area contributed by atoms with Crippen LogP contribution in [0.5, 0.6) is 0 Å². The van der Waals surface area contributed by atoms with Gasteiger partial charge in [-0.1, -0.05) is 42.5 Å². The van der Waals surface area contributed by atoms with E-state index in [0.29, 0.717) is 5.69 Å². The summed E-state index contributed by atoms with van der Waals surface area (Å²) >= 11 is 0. The number of halogens is 1. The highest BCUT2D eigenvalue weighted by Gasteiger charge is 2.18. The molecule has 1 aliphatic heterocycles. The number of hydrogen-bond acceptors (Lipinski definition) is 4. The van der Waals surface area contributed by atoms with Gasteiger partial charge in [0.25, 0.3) is 0 Å². The lowest BCUT2D eigenvalue weighted by atomic mass is 10.2. The molecule has 1 heterocycles. The number of benzene rings is 2. The molecule has 7 heteroatoms. The largest absolute Gasteiger partial charge is 0.346 e. The monoisotopic (exact) mass is 410 g/mol. The Bertz CT molecular complexity index is 847. The molecule has 2 N–H and O–H groups in total. The third-order valence-corrected chi connectivity index (χ3v) is 4.88. The van der Waals surface area contributed by atoms with E-state index in [2.05, 4.69) is 44.7 Å². The molecule has 158 valence electrons. The lowest BCUT2D eigenvalue weighted by molar-refractivity contribution is -0.125. The van der Waals surface area contributed by atoms with Gasteiger partial charge in [-0.25, -0.2) is 4.39 Å². The Labute approximate surface area is 176 Å². The molecule has 0 saturated carbocycles. The zero-order chi connectivity index (χ0) is 21.2. The highest BCUT2D eigenvalue weighted by atomic mass is 19.1. The third-order valence-electron chi connectivity index (χ3n) is 4.88. The highest BCUT2D eigenvalue weighted by molar-refractivity contribution is 5.94. The number of piperazine rings is 1. The van der Waals surface area contributed by atoms with E-state index in [1.807, 2.05) is 18.2 Å². The quantitative estimate of drug-likeness (QED) is 0.701. The molecule has 3 rings (SSSR count). The summed E-state index contributed by atoms with van der Waals surface area (Å²) < 4.78 is 12.9. The van der Waals surface area contributed by atoms with E-state index in [0.717, 1.165) is 32.7 Å². The molecule has 2 amide bonds. The van der Waals surface area contributed by atoms with Crippen molar-refractivity contribution in [1.29, 1.82) is 0 Å². The predicted molar refractivity (Wildman–Crippen MR) is 116 cm³/mol. The van der Waals surface area contributed by atoms with Crippen LogP contribution in [0.25, 0.3) is 6.08 Å². The van der Waals surface area contributed by atoms with Gasteiger partial charge in [0, 0.05) is 38.4 Å². The van der Waals surface area contributed by atoms with Gasteiger partial charge >= 0.3 is 0 Å². The molecule has 0 aliphatic carbocycles. The predicted octanol–water partition coefficient (Wildman–Crippen LogP) is 2.21. The van der Waals surface area contributed by atoms with Gasteiger partial charge in [0.2, 0.25) is 11.8 Å². The summed E-state index contributed by atoms with van der Waals surface area (Å²) in [6, 6.07) is 15.7. The molecule has 1 saturated heterocycles. The van der Waals surface area contributed by atoms with Gasteiger partial charge < -0.3 is 10.6 Å². The lowest BCUT2D eigenvalue weighted by Gasteiger charge is -2.33. The topological polar surface area (TPSA) is 64.7 Å². The number of rotatable bonds is 8. The summed E-state index contributed by atoms with van der Waals surface area (Å²) in [7, 11) is 0. The van der Waals surface area contributed by atoms with E-state index < -0.39 is 0 Å². The van der Waals surface area contributed by atoms with Crippen molar-refractivity contribution < 1.29 is 14.0 Å². The first-order valence-electron chi connectivity index (χ1n) is 10.1. The summed E-state index contributed by atoms with van der Waals surface area (Å²) in [5.41, 5.74) is 1.68. The fourth-order valence-electron chi connectivity index (χ4n) is 3.21. The second kappa shape index (κ2) is 11.2. The van der Waals surface area contributed by atoms with Crippen LogP contribution < -0.4 is 10.6 Å². The molecule has 30 heavy (non-hydrogen) atoms. The summed E-state index contributed by atoms with van der Waals surface area (Å²) in [6.45, 7) is 4.48. The minimum atomic E-state index is -0.367. The highest BCUT2D eigenvalue weighted by Crippen LogP contribution is 2.08. The summed E-state index contributed by atoms with van der Waals surface area (Å²) in [4.78, 5) is 28.4. The van der Waals surface area contributed by atoms with Crippen LogP contribution in [0.1, 0.15) is 5.56 Å². The zero-order valence-corrected chi connectivity index (χ0v) is 16.9. The van der Waals surface area contributed by atoms with Gasteiger partial charge in [-0.2, -0.15) is 0 Å². The van der Waals surface area contributed by atoms with Crippen LogP contribution in [0.3, 0.4) is 0 Å². The fourth-order valence-corrected chi connectivity index (χ4v) is 3.21. The standard InChI is InChI=1S/C23H27FN4O2/c24-20-8-10-21(11-9-20)26-22(29)17-25-23(30)18-28-15-13-27(14-16-28)12-4-7-19-5-2-1-3-6-19/h1-11H,12-18H2,(H,25,30)(H,26,29)/b7-4+. The smallest absolute Gasteiger partial charge is 0.243 e. The van der Waals surface area contributed by atoms with Crippen molar-refractivity contribution in [2.75, 3.05) is 51.1 Å². The zero-order valence-electron chi connectivity index (χ0n) is 16.9. The third kappa shape index (κ3) is 7.42. The number of anilines is 1. The molecule has 0 atom stereocenters. The Morgan fingerprint density at radius 1 is 0.900 bits per heavy atom. The molecule has 2 aromatic rings. The van der Waals surface area contributed by atoms with Gasteiger partial charge in [-0.05, 0) is 29.8 Å². The van der Waals surface area contributed by atoms with Crippen LogP contribution in [0.2, 0.25) is 0 Å². The fraction of sp³-hybridized carbons (Fsp3) is 0.304. The van der Waals surface area contributed by atoms with E-state index in [4.69, 9.17) is 0 Å².